The molecular weight excluding hydrogens is 472 g/mol. The van der Waals surface area contributed by atoms with E-state index >= 15 is 0 Å². The lowest BCUT2D eigenvalue weighted by Crippen LogP contribution is -2.45. The molecule has 6 rings (SSSR count). The number of esters is 2. The Labute approximate surface area is 225 Å². The van der Waals surface area contributed by atoms with Crippen molar-refractivity contribution >= 4 is 11.9 Å². The van der Waals surface area contributed by atoms with E-state index in [-0.39, 0.29) is 23.8 Å². The minimum atomic E-state index is -0.458. The SMILES string of the molecule is CC(C)c1cccc(C(=O)OC2C3CC(C2OC(=O)c2cccc(C(C)C)c2)C2c4ccccc4CC32)c1. The van der Waals surface area contributed by atoms with E-state index in [1.165, 1.54) is 11.1 Å². The lowest BCUT2D eigenvalue weighted by Gasteiger charge is -2.37. The van der Waals surface area contributed by atoms with Crippen LogP contribution >= 0.6 is 0 Å². The summed E-state index contributed by atoms with van der Waals surface area (Å²) in [4.78, 5) is 26.9. The number of fused-ring (bicyclic) bond motifs is 7. The van der Waals surface area contributed by atoms with Crippen molar-refractivity contribution in [3.8, 4) is 0 Å². The molecule has 0 spiro atoms. The van der Waals surface area contributed by atoms with Gasteiger partial charge < -0.3 is 9.47 Å². The quantitative estimate of drug-likeness (QED) is 0.328. The summed E-state index contributed by atoms with van der Waals surface area (Å²) in [6.07, 6.45) is 1.01. The van der Waals surface area contributed by atoms with Crippen LogP contribution in [0.4, 0.5) is 0 Å². The molecule has 0 aliphatic heterocycles. The number of hydrogen-bond donors (Lipinski definition) is 0. The molecule has 2 bridgehead atoms. The van der Waals surface area contributed by atoms with Crippen molar-refractivity contribution in [3.05, 3.63) is 106 Å². The zero-order valence-corrected chi connectivity index (χ0v) is 22.6. The summed E-state index contributed by atoms with van der Waals surface area (Å²) >= 11 is 0. The summed E-state index contributed by atoms with van der Waals surface area (Å²) in [7, 11) is 0. The van der Waals surface area contributed by atoms with E-state index in [9.17, 15) is 9.59 Å². The Hall–Kier alpha value is -3.40. The molecule has 3 aromatic carbocycles. The van der Waals surface area contributed by atoms with Crippen LogP contribution in [0.5, 0.6) is 0 Å². The molecule has 4 nitrogen and oxygen atoms in total. The molecule has 6 atom stereocenters. The van der Waals surface area contributed by atoms with E-state index in [1.54, 1.807) is 0 Å². The van der Waals surface area contributed by atoms with Gasteiger partial charge in [-0.3, -0.25) is 0 Å². The molecule has 4 heteroatoms. The van der Waals surface area contributed by atoms with Crippen molar-refractivity contribution in [3.63, 3.8) is 0 Å². The largest absolute Gasteiger partial charge is 0.455 e. The van der Waals surface area contributed by atoms with Crippen LogP contribution in [0.25, 0.3) is 0 Å². The highest BCUT2D eigenvalue weighted by Crippen LogP contribution is 2.62. The molecule has 6 unspecified atom stereocenters. The van der Waals surface area contributed by atoms with Crippen LogP contribution in [0.3, 0.4) is 0 Å². The van der Waals surface area contributed by atoms with Crippen LogP contribution in [0.15, 0.2) is 72.8 Å². The highest BCUT2D eigenvalue weighted by atomic mass is 16.6. The Morgan fingerprint density at radius 1 is 0.684 bits per heavy atom. The lowest BCUT2D eigenvalue weighted by atomic mass is 9.76. The van der Waals surface area contributed by atoms with Crippen molar-refractivity contribution < 1.29 is 19.1 Å². The van der Waals surface area contributed by atoms with Crippen molar-refractivity contribution in [2.45, 2.75) is 70.5 Å². The number of carbonyl (C=O) groups is 2. The summed E-state index contributed by atoms with van der Waals surface area (Å²) < 4.78 is 12.6. The van der Waals surface area contributed by atoms with E-state index in [0.29, 0.717) is 34.8 Å². The molecule has 3 aliphatic rings. The summed E-state index contributed by atoms with van der Waals surface area (Å²) in [5, 5.41) is 0. The normalized spacial score (nSPS) is 26.9. The highest BCUT2D eigenvalue weighted by Gasteiger charge is 2.63. The Balaban J connectivity index is 1.30. The van der Waals surface area contributed by atoms with Crippen molar-refractivity contribution in [2.75, 3.05) is 0 Å². The van der Waals surface area contributed by atoms with Crippen LogP contribution in [0, 0.1) is 17.8 Å². The molecule has 38 heavy (non-hydrogen) atoms. The zero-order valence-electron chi connectivity index (χ0n) is 22.6. The summed E-state index contributed by atoms with van der Waals surface area (Å²) in [5.74, 6) is 1.04. The van der Waals surface area contributed by atoms with Crippen molar-refractivity contribution in [2.24, 2.45) is 17.8 Å². The second-order valence-corrected chi connectivity index (χ2v) is 12.0. The molecule has 0 heterocycles. The first-order valence-corrected chi connectivity index (χ1v) is 14.0. The van der Waals surface area contributed by atoms with Crippen LogP contribution in [-0.4, -0.2) is 24.1 Å². The van der Waals surface area contributed by atoms with Gasteiger partial charge in [0.15, 0.2) is 0 Å². The minimum Gasteiger partial charge on any atom is -0.455 e. The zero-order chi connectivity index (χ0) is 26.6. The number of benzene rings is 3. The van der Waals surface area contributed by atoms with Gasteiger partial charge in [-0.2, -0.15) is 0 Å². The Morgan fingerprint density at radius 2 is 1.24 bits per heavy atom. The van der Waals surface area contributed by atoms with Crippen LogP contribution in [0.1, 0.15) is 94.8 Å². The molecule has 0 aromatic heterocycles. The number of carbonyl (C=O) groups excluding carboxylic acids is 2. The molecule has 2 saturated carbocycles. The maximum atomic E-state index is 13.4. The highest BCUT2D eigenvalue weighted by molar-refractivity contribution is 5.91. The summed E-state index contributed by atoms with van der Waals surface area (Å²) in [6, 6.07) is 24.0. The standard InChI is InChI=1S/C34H36O4/c1-19(2)21-10-7-12-24(15-21)33(35)37-31-28-18-29(30-26-14-6-5-9-23(26)17-27(28)30)32(31)38-34(36)25-13-8-11-22(16-25)20(3)4/h5-16,19-20,27-32H,17-18H2,1-4H3. The monoisotopic (exact) mass is 508 g/mol. The summed E-state index contributed by atoms with van der Waals surface area (Å²) in [6.45, 7) is 8.45. The lowest BCUT2D eigenvalue weighted by molar-refractivity contribution is -0.0698. The number of ether oxygens (including phenoxy) is 2. The average Bonchev–Trinajstić information content (AvgIpc) is 3.58. The first kappa shape index (κ1) is 24.9. The second-order valence-electron chi connectivity index (χ2n) is 12.0. The molecule has 0 saturated heterocycles. The van der Waals surface area contributed by atoms with Crippen LogP contribution < -0.4 is 0 Å². The van der Waals surface area contributed by atoms with Crippen molar-refractivity contribution in [1.82, 2.24) is 0 Å². The molecule has 196 valence electrons. The van der Waals surface area contributed by atoms with E-state index in [1.807, 2.05) is 48.5 Å². The van der Waals surface area contributed by atoms with Gasteiger partial charge in [-0.15, -0.1) is 0 Å². The van der Waals surface area contributed by atoms with Gasteiger partial charge in [0.2, 0.25) is 0 Å². The Morgan fingerprint density at radius 3 is 1.82 bits per heavy atom. The van der Waals surface area contributed by atoms with Gasteiger partial charge in [-0.1, -0.05) is 76.2 Å². The Kier molecular flexibility index (Phi) is 6.37. The topological polar surface area (TPSA) is 52.6 Å². The smallest absolute Gasteiger partial charge is 0.338 e. The predicted molar refractivity (Wildman–Crippen MR) is 147 cm³/mol. The first-order chi connectivity index (χ1) is 18.3. The first-order valence-electron chi connectivity index (χ1n) is 14.0. The van der Waals surface area contributed by atoms with Gasteiger partial charge in [0, 0.05) is 11.8 Å². The third-order valence-electron chi connectivity index (χ3n) is 9.12. The van der Waals surface area contributed by atoms with Gasteiger partial charge in [-0.25, -0.2) is 9.59 Å². The van der Waals surface area contributed by atoms with E-state index < -0.39 is 12.2 Å². The average molecular weight is 509 g/mol. The van der Waals surface area contributed by atoms with E-state index in [0.717, 1.165) is 24.0 Å². The second kappa shape index (κ2) is 9.72. The van der Waals surface area contributed by atoms with Crippen LogP contribution in [0.2, 0.25) is 0 Å². The maximum Gasteiger partial charge on any atom is 0.338 e. The van der Waals surface area contributed by atoms with Crippen LogP contribution in [-0.2, 0) is 15.9 Å². The molecule has 3 aliphatic carbocycles. The van der Waals surface area contributed by atoms with Crippen molar-refractivity contribution in [1.29, 1.82) is 0 Å². The fraction of sp³-hybridized carbons (Fsp3) is 0.412. The number of hydrogen-bond acceptors (Lipinski definition) is 4. The Bertz CT molecular complexity index is 1370. The maximum absolute atomic E-state index is 13.4. The van der Waals surface area contributed by atoms with Gasteiger partial charge in [0.05, 0.1) is 11.1 Å². The molecule has 2 fully saturated rings. The minimum absolute atomic E-state index is 0.144. The molecule has 3 aromatic rings. The van der Waals surface area contributed by atoms with Gasteiger partial charge in [-0.05, 0) is 83.0 Å². The molecule has 0 radical (unpaired) electrons. The van der Waals surface area contributed by atoms with Gasteiger partial charge in [0.25, 0.3) is 0 Å². The molecule has 0 amide bonds. The fourth-order valence-corrected chi connectivity index (χ4v) is 7.20. The van der Waals surface area contributed by atoms with E-state index in [4.69, 9.17) is 9.47 Å². The van der Waals surface area contributed by atoms with Gasteiger partial charge >= 0.3 is 11.9 Å². The van der Waals surface area contributed by atoms with Gasteiger partial charge in [0.1, 0.15) is 12.2 Å². The molecular formula is C34H36O4. The third kappa shape index (κ3) is 4.24. The van der Waals surface area contributed by atoms with E-state index in [2.05, 4.69) is 52.0 Å². The predicted octanol–water partition coefficient (Wildman–Crippen LogP) is 7.29. The fourth-order valence-electron chi connectivity index (χ4n) is 7.20. The molecule has 0 N–H and O–H groups in total. The number of rotatable bonds is 6. The third-order valence-corrected chi connectivity index (χ3v) is 9.12. The summed E-state index contributed by atoms with van der Waals surface area (Å²) in [5.41, 5.74) is 6.07.